The first-order valence-electron chi connectivity index (χ1n) is 8.72. The molecule has 10 heteroatoms. The van der Waals surface area contributed by atoms with Crippen LogP contribution >= 0.6 is 11.3 Å². The van der Waals surface area contributed by atoms with Crippen LogP contribution in [0, 0.1) is 0 Å². The van der Waals surface area contributed by atoms with Crippen LogP contribution < -0.4 is 15.5 Å². The van der Waals surface area contributed by atoms with Gasteiger partial charge in [0.25, 0.3) is 0 Å². The number of hydrogen-bond acceptors (Lipinski definition) is 4. The van der Waals surface area contributed by atoms with E-state index in [1.165, 1.54) is 22.9 Å². The lowest BCUT2D eigenvalue weighted by Gasteiger charge is -2.33. The zero-order valence-electron chi connectivity index (χ0n) is 15.3. The van der Waals surface area contributed by atoms with Gasteiger partial charge in [-0.05, 0) is 30.4 Å². The number of nitrogens with zero attached hydrogens (tertiary/aromatic N) is 4. The van der Waals surface area contributed by atoms with Gasteiger partial charge < -0.3 is 15.5 Å². The average Bonchev–Trinajstić information content (AvgIpc) is 3.28. The lowest BCUT2D eigenvalue weighted by Crippen LogP contribution is -2.48. The Balaban J connectivity index is 1.52. The molecule has 0 radical (unpaired) electrons. The molecule has 0 atom stereocenters. The van der Waals surface area contributed by atoms with Crippen molar-refractivity contribution in [1.29, 1.82) is 0 Å². The minimum absolute atomic E-state index is 0.0103. The van der Waals surface area contributed by atoms with Gasteiger partial charge >= 0.3 is 6.18 Å². The summed E-state index contributed by atoms with van der Waals surface area (Å²) in [5.74, 6) is 0.501. The van der Waals surface area contributed by atoms with Gasteiger partial charge in [-0.3, -0.25) is 9.67 Å². The van der Waals surface area contributed by atoms with Gasteiger partial charge in [0.05, 0.1) is 5.00 Å². The van der Waals surface area contributed by atoms with Crippen molar-refractivity contribution in [2.45, 2.75) is 31.6 Å². The summed E-state index contributed by atoms with van der Waals surface area (Å²) in [6.07, 6.45) is -1.20. The van der Waals surface area contributed by atoms with Crippen LogP contribution in [-0.4, -0.2) is 41.9 Å². The van der Waals surface area contributed by atoms with Crippen molar-refractivity contribution in [3.8, 4) is 0 Å². The summed E-state index contributed by atoms with van der Waals surface area (Å²) in [4.78, 5) is 6.49. The summed E-state index contributed by atoms with van der Waals surface area (Å²) in [6.45, 7) is 1.89. The Morgan fingerprint density at radius 1 is 1.37 bits per heavy atom. The third kappa shape index (κ3) is 4.94. The minimum atomic E-state index is -4.47. The molecule has 0 aromatic carbocycles. The largest absolute Gasteiger partial charge is 0.435 e. The summed E-state index contributed by atoms with van der Waals surface area (Å²) >= 11 is 1.73. The zero-order valence-corrected chi connectivity index (χ0v) is 16.1. The number of piperidine rings is 1. The summed E-state index contributed by atoms with van der Waals surface area (Å²) < 4.78 is 40.3. The normalized spacial score (nSPS) is 16.6. The molecule has 2 aromatic heterocycles. The maximum absolute atomic E-state index is 13.0. The van der Waals surface area contributed by atoms with Crippen LogP contribution in [0.4, 0.5) is 18.2 Å². The highest BCUT2D eigenvalue weighted by Gasteiger charge is 2.36. The van der Waals surface area contributed by atoms with Gasteiger partial charge in [0.2, 0.25) is 0 Å². The fraction of sp³-hybridized carbons (Fsp3) is 0.529. The predicted octanol–water partition coefficient (Wildman–Crippen LogP) is 2.83. The Morgan fingerprint density at radius 2 is 2.11 bits per heavy atom. The third-order valence-electron chi connectivity index (χ3n) is 4.50. The van der Waals surface area contributed by atoms with Gasteiger partial charge in [0.15, 0.2) is 11.7 Å². The highest BCUT2D eigenvalue weighted by atomic mass is 32.1. The Kier molecular flexibility index (Phi) is 5.93. The van der Waals surface area contributed by atoms with Crippen LogP contribution in [-0.2, 0) is 19.8 Å². The summed E-state index contributed by atoms with van der Waals surface area (Å²) in [5, 5.41) is 13.1. The number of guanidine groups is 1. The second-order valence-corrected chi connectivity index (χ2v) is 7.38. The van der Waals surface area contributed by atoms with Crippen molar-refractivity contribution in [3.05, 3.63) is 35.0 Å². The van der Waals surface area contributed by atoms with E-state index >= 15 is 0 Å². The van der Waals surface area contributed by atoms with Crippen LogP contribution in [0.1, 0.15) is 24.1 Å². The smallest absolute Gasteiger partial charge is 0.363 e. The lowest BCUT2D eigenvalue weighted by atomic mass is 10.1. The second-order valence-electron chi connectivity index (χ2n) is 6.46. The summed E-state index contributed by atoms with van der Waals surface area (Å²) in [6, 6.07) is 4.40. The number of rotatable bonds is 4. The molecule has 27 heavy (non-hydrogen) atoms. The van der Waals surface area contributed by atoms with E-state index in [2.05, 4.69) is 37.1 Å². The van der Waals surface area contributed by atoms with Gasteiger partial charge in [-0.15, -0.1) is 11.3 Å². The monoisotopic (exact) mass is 400 g/mol. The molecule has 2 aromatic rings. The van der Waals surface area contributed by atoms with Crippen molar-refractivity contribution in [2.24, 2.45) is 12.0 Å². The van der Waals surface area contributed by atoms with Gasteiger partial charge in [0, 0.05) is 51.5 Å². The quantitative estimate of drug-likeness (QED) is 0.612. The Labute approximate surface area is 160 Å². The van der Waals surface area contributed by atoms with Crippen molar-refractivity contribution >= 4 is 22.3 Å². The molecule has 1 aliphatic rings. The summed E-state index contributed by atoms with van der Waals surface area (Å²) in [7, 11) is 3.09. The number of halogens is 3. The fourth-order valence-electron chi connectivity index (χ4n) is 3.17. The molecule has 0 amide bonds. The SMILES string of the molecule is CN=C(NCc1cn(C)nc1C(F)(F)F)NC1CCN(c2cccs2)CC1. The van der Waals surface area contributed by atoms with Crippen LogP contribution in [0.25, 0.3) is 0 Å². The van der Waals surface area contributed by atoms with E-state index in [9.17, 15) is 13.2 Å². The number of aromatic nitrogens is 2. The number of hydrogen-bond donors (Lipinski definition) is 2. The summed E-state index contributed by atoms with van der Waals surface area (Å²) in [5.41, 5.74) is -0.766. The Hall–Kier alpha value is -2.23. The molecule has 0 saturated carbocycles. The number of anilines is 1. The number of aryl methyl sites for hydroxylation is 1. The van der Waals surface area contributed by atoms with E-state index in [4.69, 9.17) is 0 Å². The zero-order chi connectivity index (χ0) is 19.4. The van der Waals surface area contributed by atoms with Gasteiger partial charge in [-0.1, -0.05) is 0 Å². The maximum atomic E-state index is 13.0. The third-order valence-corrected chi connectivity index (χ3v) is 5.43. The minimum Gasteiger partial charge on any atom is -0.363 e. The standard InChI is InChI=1S/C17H23F3N6S/c1-21-16(22-10-12-11-25(2)24-15(12)17(18,19)20)23-13-5-7-26(8-6-13)14-4-3-9-27-14/h3-4,9,11,13H,5-8,10H2,1-2H3,(H2,21,22,23). The van der Waals surface area contributed by atoms with E-state index in [0.29, 0.717) is 5.96 Å². The van der Waals surface area contributed by atoms with Crippen LogP contribution in [0.15, 0.2) is 28.7 Å². The predicted molar refractivity (Wildman–Crippen MR) is 101 cm³/mol. The fourth-order valence-corrected chi connectivity index (χ4v) is 3.95. The second kappa shape index (κ2) is 8.20. The highest BCUT2D eigenvalue weighted by molar-refractivity contribution is 7.14. The number of thiophene rings is 1. The molecule has 3 heterocycles. The molecular weight excluding hydrogens is 377 g/mol. The molecule has 2 N–H and O–H groups in total. The van der Waals surface area contributed by atoms with E-state index < -0.39 is 11.9 Å². The molecule has 3 rings (SSSR count). The molecule has 0 spiro atoms. The molecule has 0 unspecified atom stereocenters. The molecule has 0 bridgehead atoms. The Morgan fingerprint density at radius 3 is 2.70 bits per heavy atom. The first-order valence-corrected chi connectivity index (χ1v) is 9.60. The van der Waals surface area contributed by atoms with Crippen molar-refractivity contribution in [2.75, 3.05) is 25.0 Å². The average molecular weight is 400 g/mol. The van der Waals surface area contributed by atoms with Crippen LogP contribution in [0.2, 0.25) is 0 Å². The lowest BCUT2D eigenvalue weighted by molar-refractivity contribution is -0.142. The number of alkyl halides is 3. The van der Waals surface area contributed by atoms with Crippen LogP contribution in [0.3, 0.4) is 0 Å². The number of aliphatic imine (C=N–C) groups is 1. The van der Waals surface area contributed by atoms with E-state index in [0.717, 1.165) is 25.9 Å². The molecule has 148 valence electrons. The van der Waals surface area contributed by atoms with Gasteiger partial charge in [-0.2, -0.15) is 18.3 Å². The van der Waals surface area contributed by atoms with E-state index in [1.54, 1.807) is 18.4 Å². The molecule has 6 nitrogen and oxygen atoms in total. The van der Waals surface area contributed by atoms with E-state index in [-0.39, 0.29) is 18.2 Å². The van der Waals surface area contributed by atoms with E-state index in [1.807, 2.05) is 6.07 Å². The van der Waals surface area contributed by atoms with Gasteiger partial charge in [-0.25, -0.2) is 0 Å². The molecule has 1 aliphatic heterocycles. The first kappa shape index (κ1) is 19.5. The van der Waals surface area contributed by atoms with Gasteiger partial charge in [0.1, 0.15) is 0 Å². The molecular formula is C17H23F3N6S. The van der Waals surface area contributed by atoms with Crippen molar-refractivity contribution < 1.29 is 13.2 Å². The maximum Gasteiger partial charge on any atom is 0.435 e. The first-order chi connectivity index (χ1) is 12.9. The van der Waals surface area contributed by atoms with Crippen molar-refractivity contribution in [3.63, 3.8) is 0 Å². The molecule has 1 saturated heterocycles. The Bertz CT molecular complexity index is 760. The topological polar surface area (TPSA) is 57.5 Å². The number of nitrogens with one attached hydrogen (secondary N) is 2. The highest BCUT2D eigenvalue weighted by Crippen LogP contribution is 2.30. The van der Waals surface area contributed by atoms with Crippen molar-refractivity contribution in [1.82, 2.24) is 20.4 Å². The molecule has 0 aliphatic carbocycles. The van der Waals surface area contributed by atoms with Crippen LogP contribution in [0.5, 0.6) is 0 Å². The molecule has 1 fully saturated rings.